The summed E-state index contributed by atoms with van der Waals surface area (Å²) >= 11 is 5.91. The number of nitrogens with zero attached hydrogens (tertiary/aromatic N) is 1. The summed E-state index contributed by atoms with van der Waals surface area (Å²) in [5.41, 5.74) is 1.14. The number of ketones is 1. The van der Waals surface area contributed by atoms with Gasteiger partial charge in [0.1, 0.15) is 5.75 Å². The van der Waals surface area contributed by atoms with Gasteiger partial charge in [0.05, 0.1) is 25.3 Å². The Morgan fingerprint density at radius 1 is 1.08 bits per heavy atom. The monoisotopic (exact) mass is 343 g/mol. The van der Waals surface area contributed by atoms with Crippen LogP contribution in [-0.2, 0) is 0 Å². The van der Waals surface area contributed by atoms with Gasteiger partial charge in [-0.25, -0.2) is 0 Å². The number of rotatable bonds is 4. The Balaban J connectivity index is 2.10. The zero-order valence-electron chi connectivity index (χ0n) is 13.0. The molecule has 3 aromatic rings. The number of phenols is 1. The lowest BCUT2D eigenvalue weighted by Gasteiger charge is -2.10. The van der Waals surface area contributed by atoms with E-state index in [2.05, 4.69) is 4.98 Å². The lowest BCUT2D eigenvalue weighted by Crippen LogP contribution is -2.03. The maximum Gasteiger partial charge on any atom is 0.198 e. The molecule has 1 N–H and O–H groups in total. The van der Waals surface area contributed by atoms with Gasteiger partial charge in [-0.1, -0.05) is 11.6 Å². The van der Waals surface area contributed by atoms with Crippen LogP contribution in [0, 0.1) is 0 Å². The zero-order chi connectivity index (χ0) is 17.3. The number of pyridine rings is 1. The first-order valence-corrected chi connectivity index (χ1v) is 7.46. The Labute approximate surface area is 143 Å². The van der Waals surface area contributed by atoms with E-state index >= 15 is 0 Å². The molecular weight excluding hydrogens is 330 g/mol. The molecule has 0 amide bonds. The summed E-state index contributed by atoms with van der Waals surface area (Å²) in [6, 6.07) is 9.50. The van der Waals surface area contributed by atoms with Crippen LogP contribution in [0.1, 0.15) is 15.9 Å². The van der Waals surface area contributed by atoms with Crippen LogP contribution >= 0.6 is 11.6 Å². The molecule has 0 aliphatic carbocycles. The molecule has 0 spiro atoms. The van der Waals surface area contributed by atoms with Crippen LogP contribution in [0.2, 0.25) is 5.02 Å². The fourth-order valence-electron chi connectivity index (χ4n) is 2.43. The van der Waals surface area contributed by atoms with Crippen LogP contribution in [0.4, 0.5) is 0 Å². The van der Waals surface area contributed by atoms with Crippen molar-refractivity contribution in [2.75, 3.05) is 14.2 Å². The zero-order valence-corrected chi connectivity index (χ0v) is 13.8. The van der Waals surface area contributed by atoms with Crippen molar-refractivity contribution in [2.24, 2.45) is 0 Å². The molecule has 1 heterocycles. The number of carbonyl (C=O) groups is 1. The predicted octanol–water partition coefficient (Wildman–Crippen LogP) is 3.84. The molecule has 24 heavy (non-hydrogen) atoms. The first kappa shape index (κ1) is 16.1. The van der Waals surface area contributed by atoms with Crippen molar-refractivity contribution in [1.29, 1.82) is 0 Å². The van der Waals surface area contributed by atoms with Gasteiger partial charge in [0, 0.05) is 28.2 Å². The van der Waals surface area contributed by atoms with Crippen LogP contribution in [0.3, 0.4) is 0 Å². The van der Waals surface area contributed by atoms with Gasteiger partial charge in [0.2, 0.25) is 0 Å². The summed E-state index contributed by atoms with van der Waals surface area (Å²) in [6.45, 7) is 0. The second kappa shape index (κ2) is 6.37. The fourth-order valence-corrected chi connectivity index (χ4v) is 2.60. The SMILES string of the molecule is COc1cc2cc(C(=O)c3cc(Cl)ccc3O)cnc2cc1OC. The molecule has 1 aromatic heterocycles. The molecule has 2 aromatic carbocycles. The Morgan fingerprint density at radius 2 is 1.79 bits per heavy atom. The minimum Gasteiger partial charge on any atom is -0.507 e. The highest BCUT2D eigenvalue weighted by atomic mass is 35.5. The number of methoxy groups -OCH3 is 2. The number of halogens is 1. The third-order valence-electron chi connectivity index (χ3n) is 3.65. The third kappa shape index (κ3) is 2.86. The second-order valence-electron chi connectivity index (χ2n) is 5.11. The molecule has 0 bridgehead atoms. The number of aromatic nitrogens is 1. The van der Waals surface area contributed by atoms with Gasteiger partial charge in [0.25, 0.3) is 0 Å². The van der Waals surface area contributed by atoms with Crippen LogP contribution < -0.4 is 9.47 Å². The van der Waals surface area contributed by atoms with E-state index in [1.54, 1.807) is 25.3 Å². The summed E-state index contributed by atoms with van der Waals surface area (Å²) in [6.07, 6.45) is 1.46. The minimum absolute atomic E-state index is 0.128. The van der Waals surface area contributed by atoms with Crippen LogP contribution in [0.15, 0.2) is 42.6 Å². The predicted molar refractivity (Wildman–Crippen MR) is 91.4 cm³/mol. The molecule has 0 radical (unpaired) electrons. The van der Waals surface area contributed by atoms with Gasteiger partial charge in [-0.15, -0.1) is 0 Å². The third-order valence-corrected chi connectivity index (χ3v) is 3.89. The van der Waals surface area contributed by atoms with Gasteiger partial charge in [-0.2, -0.15) is 0 Å². The summed E-state index contributed by atoms with van der Waals surface area (Å²) < 4.78 is 10.5. The van der Waals surface area contributed by atoms with E-state index in [1.165, 1.54) is 31.5 Å². The Bertz CT molecular complexity index is 940. The molecule has 0 fully saturated rings. The average molecular weight is 344 g/mol. The highest BCUT2D eigenvalue weighted by molar-refractivity contribution is 6.31. The van der Waals surface area contributed by atoms with Gasteiger partial charge >= 0.3 is 0 Å². The molecule has 3 rings (SSSR count). The standard InChI is InChI=1S/C18H14ClNO4/c1-23-16-6-10-5-11(9-20-14(10)8-17(16)24-2)18(22)13-7-12(19)3-4-15(13)21/h3-9,21H,1-2H3. The number of benzene rings is 2. The molecule has 122 valence electrons. The molecule has 0 saturated carbocycles. The van der Waals surface area contributed by atoms with Gasteiger partial charge < -0.3 is 14.6 Å². The fraction of sp³-hybridized carbons (Fsp3) is 0.111. The average Bonchev–Trinajstić information content (AvgIpc) is 2.61. The summed E-state index contributed by atoms with van der Waals surface area (Å²) in [5.74, 6) is 0.613. The Hall–Kier alpha value is -2.79. The van der Waals surface area contributed by atoms with E-state index in [1.807, 2.05) is 0 Å². The number of hydrogen-bond donors (Lipinski definition) is 1. The minimum atomic E-state index is -0.362. The van der Waals surface area contributed by atoms with Gasteiger partial charge in [-0.05, 0) is 30.3 Å². The van der Waals surface area contributed by atoms with E-state index in [-0.39, 0.29) is 17.1 Å². The van der Waals surface area contributed by atoms with E-state index in [4.69, 9.17) is 21.1 Å². The maximum atomic E-state index is 12.6. The van der Waals surface area contributed by atoms with E-state index in [9.17, 15) is 9.90 Å². The second-order valence-corrected chi connectivity index (χ2v) is 5.55. The Morgan fingerprint density at radius 3 is 2.50 bits per heavy atom. The summed E-state index contributed by atoms with van der Waals surface area (Å²) in [7, 11) is 3.08. The van der Waals surface area contributed by atoms with Crippen molar-refractivity contribution in [3.63, 3.8) is 0 Å². The molecule has 0 atom stereocenters. The van der Waals surface area contributed by atoms with Crippen molar-refractivity contribution in [3.05, 3.63) is 58.7 Å². The lowest BCUT2D eigenvalue weighted by molar-refractivity contribution is 0.103. The Kier molecular flexibility index (Phi) is 4.27. The van der Waals surface area contributed by atoms with Crippen molar-refractivity contribution < 1.29 is 19.4 Å². The smallest absolute Gasteiger partial charge is 0.198 e. The van der Waals surface area contributed by atoms with Gasteiger partial charge in [-0.3, -0.25) is 9.78 Å². The number of hydrogen-bond acceptors (Lipinski definition) is 5. The largest absolute Gasteiger partial charge is 0.507 e. The molecule has 5 nitrogen and oxygen atoms in total. The summed E-state index contributed by atoms with van der Waals surface area (Å²) in [5, 5.41) is 11.0. The van der Waals surface area contributed by atoms with E-state index < -0.39 is 0 Å². The molecule has 0 saturated heterocycles. The van der Waals surface area contributed by atoms with Crippen LogP contribution in [0.5, 0.6) is 17.2 Å². The van der Waals surface area contributed by atoms with Crippen LogP contribution in [0.25, 0.3) is 10.9 Å². The van der Waals surface area contributed by atoms with Crippen molar-refractivity contribution in [2.45, 2.75) is 0 Å². The first-order valence-electron chi connectivity index (χ1n) is 7.08. The normalized spacial score (nSPS) is 10.6. The van der Waals surface area contributed by atoms with Crippen molar-refractivity contribution >= 4 is 28.3 Å². The van der Waals surface area contributed by atoms with Gasteiger partial charge in [0.15, 0.2) is 17.3 Å². The molecule has 0 aliphatic rings. The van der Waals surface area contributed by atoms with E-state index in [0.717, 1.165) is 5.39 Å². The maximum absolute atomic E-state index is 12.6. The first-order chi connectivity index (χ1) is 11.5. The van der Waals surface area contributed by atoms with E-state index in [0.29, 0.717) is 27.6 Å². The quantitative estimate of drug-likeness (QED) is 0.729. The highest BCUT2D eigenvalue weighted by Gasteiger charge is 2.16. The highest BCUT2D eigenvalue weighted by Crippen LogP contribution is 2.32. The summed E-state index contributed by atoms with van der Waals surface area (Å²) in [4.78, 5) is 16.9. The van der Waals surface area contributed by atoms with Crippen LogP contribution in [-0.4, -0.2) is 30.1 Å². The molecule has 6 heteroatoms. The van der Waals surface area contributed by atoms with Crippen molar-refractivity contribution in [1.82, 2.24) is 4.98 Å². The molecular formula is C18H14ClNO4. The van der Waals surface area contributed by atoms with Crippen molar-refractivity contribution in [3.8, 4) is 17.2 Å². The number of carbonyl (C=O) groups excluding carboxylic acids is 1. The topological polar surface area (TPSA) is 68.7 Å². The number of phenolic OH excluding ortho intramolecular Hbond substituents is 1. The molecule has 0 aliphatic heterocycles. The lowest BCUT2D eigenvalue weighted by atomic mass is 10.0. The molecule has 0 unspecified atom stereocenters. The number of ether oxygens (including phenoxy) is 2. The number of fused-ring (bicyclic) bond motifs is 1. The number of aromatic hydroxyl groups is 1.